The Morgan fingerprint density at radius 3 is 2.79 bits per heavy atom. The minimum Gasteiger partial charge on any atom is -0.481 e. The van der Waals surface area contributed by atoms with Gasteiger partial charge in [-0.3, -0.25) is 14.9 Å². The molecule has 154 valence electrons. The molecule has 1 aromatic heterocycles. The van der Waals surface area contributed by atoms with Gasteiger partial charge in [0.2, 0.25) is 5.91 Å². The number of nitrogens with one attached hydrogen (secondary N) is 3. The number of carbonyl (C=O) groups excluding carboxylic acids is 2. The van der Waals surface area contributed by atoms with E-state index in [0.29, 0.717) is 11.7 Å². The van der Waals surface area contributed by atoms with Crippen LogP contribution in [0, 0.1) is 11.7 Å². The number of anilines is 1. The molecule has 4 rings (SSSR count). The molecule has 0 bridgehead atoms. The number of hydrogen-bond donors (Lipinski definition) is 3. The van der Waals surface area contributed by atoms with E-state index in [1.165, 1.54) is 12.1 Å². The fourth-order valence-corrected chi connectivity index (χ4v) is 3.23. The molecule has 2 fully saturated rings. The van der Waals surface area contributed by atoms with Crippen LogP contribution in [-0.2, 0) is 9.59 Å². The van der Waals surface area contributed by atoms with E-state index in [1.807, 2.05) is 19.9 Å². The zero-order chi connectivity index (χ0) is 20.5. The van der Waals surface area contributed by atoms with Crippen molar-refractivity contribution in [1.29, 1.82) is 0 Å². The fourth-order valence-electron chi connectivity index (χ4n) is 3.23. The fraction of sp³-hybridized carbons (Fsp3) is 0.450. The number of hydrogen-bond acceptors (Lipinski definition) is 5. The molecule has 1 aliphatic carbocycles. The Kier molecular flexibility index (Phi) is 5.23. The van der Waals surface area contributed by atoms with Crippen molar-refractivity contribution in [1.82, 2.24) is 20.4 Å². The average molecular weight is 401 g/mol. The van der Waals surface area contributed by atoms with Gasteiger partial charge in [0.25, 0.3) is 5.91 Å². The second-order valence-corrected chi connectivity index (χ2v) is 7.60. The second-order valence-electron chi connectivity index (χ2n) is 7.60. The maximum Gasteiger partial charge on any atom is 0.263 e. The third kappa shape index (κ3) is 4.24. The summed E-state index contributed by atoms with van der Waals surface area (Å²) in [5, 5.41) is 13.5. The van der Waals surface area contributed by atoms with Crippen LogP contribution in [0.4, 0.5) is 10.2 Å². The number of para-hydroxylation sites is 1. The first-order valence-corrected chi connectivity index (χ1v) is 9.75. The van der Waals surface area contributed by atoms with Gasteiger partial charge in [0.1, 0.15) is 5.82 Å². The lowest BCUT2D eigenvalue weighted by atomic mass is 10.0. The van der Waals surface area contributed by atoms with Crippen molar-refractivity contribution in [3.8, 4) is 5.75 Å². The highest BCUT2D eigenvalue weighted by atomic mass is 19.1. The van der Waals surface area contributed by atoms with Gasteiger partial charge >= 0.3 is 0 Å². The molecule has 2 amide bonds. The first-order valence-electron chi connectivity index (χ1n) is 9.75. The highest BCUT2D eigenvalue weighted by Crippen LogP contribution is 2.40. The van der Waals surface area contributed by atoms with Gasteiger partial charge in [-0.05, 0) is 31.9 Å². The van der Waals surface area contributed by atoms with E-state index in [4.69, 9.17) is 4.74 Å². The summed E-state index contributed by atoms with van der Waals surface area (Å²) in [7, 11) is 0. The van der Waals surface area contributed by atoms with E-state index in [2.05, 4.69) is 21.0 Å². The summed E-state index contributed by atoms with van der Waals surface area (Å²) in [5.41, 5.74) is 0.873. The van der Waals surface area contributed by atoms with Gasteiger partial charge < -0.3 is 15.4 Å². The average Bonchev–Trinajstić information content (AvgIpc) is 3.46. The number of benzene rings is 1. The molecule has 3 N–H and O–H groups in total. The third-order valence-corrected chi connectivity index (χ3v) is 5.32. The van der Waals surface area contributed by atoms with Gasteiger partial charge in [0, 0.05) is 18.0 Å². The van der Waals surface area contributed by atoms with E-state index in [9.17, 15) is 14.0 Å². The Morgan fingerprint density at radius 1 is 1.34 bits per heavy atom. The van der Waals surface area contributed by atoms with Crippen molar-refractivity contribution >= 4 is 17.6 Å². The first kappa shape index (κ1) is 19.4. The molecular formula is C20H24FN5O3. The molecule has 2 heterocycles. The summed E-state index contributed by atoms with van der Waals surface area (Å²) >= 11 is 0. The van der Waals surface area contributed by atoms with Crippen LogP contribution in [0.25, 0.3) is 0 Å². The largest absolute Gasteiger partial charge is 0.481 e. The summed E-state index contributed by atoms with van der Waals surface area (Å²) in [6.45, 7) is 3.44. The minimum atomic E-state index is -0.566. The topological polar surface area (TPSA) is 97.3 Å². The number of carbonyl (C=O) groups is 2. The number of aromatic nitrogens is 2. The molecule has 0 spiro atoms. The summed E-state index contributed by atoms with van der Waals surface area (Å²) in [5.74, 6) is -0.384. The van der Waals surface area contributed by atoms with E-state index in [1.54, 1.807) is 16.8 Å². The zero-order valence-corrected chi connectivity index (χ0v) is 16.3. The van der Waals surface area contributed by atoms with Crippen LogP contribution >= 0.6 is 0 Å². The number of rotatable bonds is 6. The summed E-state index contributed by atoms with van der Waals surface area (Å²) in [6, 6.07) is 7.68. The van der Waals surface area contributed by atoms with Gasteiger partial charge in [0.05, 0.1) is 11.6 Å². The second kappa shape index (κ2) is 7.82. The van der Waals surface area contributed by atoms with Crippen molar-refractivity contribution in [3.05, 3.63) is 41.8 Å². The Balaban J connectivity index is 1.48. The number of halogens is 1. The maximum absolute atomic E-state index is 13.7. The molecule has 2 aliphatic rings. The van der Waals surface area contributed by atoms with E-state index < -0.39 is 18.0 Å². The van der Waals surface area contributed by atoms with Crippen molar-refractivity contribution < 1.29 is 18.7 Å². The lowest BCUT2D eigenvalue weighted by Crippen LogP contribution is -2.57. The van der Waals surface area contributed by atoms with Crippen LogP contribution in [0.1, 0.15) is 44.6 Å². The lowest BCUT2D eigenvalue weighted by Gasteiger charge is -2.34. The molecule has 8 nitrogen and oxygen atoms in total. The van der Waals surface area contributed by atoms with Gasteiger partial charge in [-0.25, -0.2) is 9.07 Å². The SMILES string of the molecule is CC1NC(n2nc(C3CC3)cc2NC(=O)COc2ccccc2F)NC(=O)C1C. The Hall–Kier alpha value is -2.94. The molecule has 29 heavy (non-hydrogen) atoms. The molecule has 9 heteroatoms. The lowest BCUT2D eigenvalue weighted by molar-refractivity contribution is -0.130. The molecule has 2 aromatic rings. The van der Waals surface area contributed by atoms with Gasteiger partial charge in [-0.1, -0.05) is 19.1 Å². The molecule has 3 unspecified atom stereocenters. The minimum absolute atomic E-state index is 0.0128. The zero-order valence-electron chi connectivity index (χ0n) is 16.3. The van der Waals surface area contributed by atoms with Crippen molar-refractivity contribution in [2.24, 2.45) is 5.92 Å². The van der Waals surface area contributed by atoms with Crippen LogP contribution in [0.2, 0.25) is 0 Å². The van der Waals surface area contributed by atoms with Crippen LogP contribution in [0.15, 0.2) is 30.3 Å². The third-order valence-electron chi connectivity index (χ3n) is 5.32. The van der Waals surface area contributed by atoms with Gasteiger partial charge in [0.15, 0.2) is 24.5 Å². The molecule has 1 saturated carbocycles. The van der Waals surface area contributed by atoms with Crippen molar-refractivity contribution in [2.45, 2.75) is 44.9 Å². The number of nitrogens with zero attached hydrogens (tertiary/aromatic N) is 2. The Bertz CT molecular complexity index is 927. The van der Waals surface area contributed by atoms with Crippen LogP contribution in [0.3, 0.4) is 0 Å². The summed E-state index contributed by atoms with van der Waals surface area (Å²) in [4.78, 5) is 24.6. The summed E-state index contributed by atoms with van der Waals surface area (Å²) < 4.78 is 20.5. The Labute approximate surface area is 167 Å². The molecule has 1 aromatic carbocycles. The molecule has 1 saturated heterocycles. The standard InChI is InChI=1S/C20H24FN5O3/c1-11-12(2)22-20(24-19(11)28)26-17(9-15(25-26)13-7-8-13)23-18(27)10-29-16-6-4-3-5-14(16)21/h3-6,9,11-13,20,22H,7-8,10H2,1-2H3,(H,23,27)(H,24,28). The van der Waals surface area contributed by atoms with Crippen LogP contribution in [-0.4, -0.2) is 34.2 Å². The molecular weight excluding hydrogens is 377 g/mol. The van der Waals surface area contributed by atoms with Crippen LogP contribution in [0.5, 0.6) is 5.75 Å². The molecule has 1 aliphatic heterocycles. The van der Waals surface area contributed by atoms with Crippen molar-refractivity contribution in [2.75, 3.05) is 11.9 Å². The quantitative estimate of drug-likeness (QED) is 0.689. The molecule has 0 radical (unpaired) electrons. The first-order chi connectivity index (χ1) is 13.9. The van der Waals surface area contributed by atoms with Gasteiger partial charge in [-0.15, -0.1) is 0 Å². The monoisotopic (exact) mass is 401 g/mol. The predicted molar refractivity (Wildman–Crippen MR) is 104 cm³/mol. The number of amides is 2. The van der Waals surface area contributed by atoms with Crippen molar-refractivity contribution in [3.63, 3.8) is 0 Å². The van der Waals surface area contributed by atoms with E-state index in [0.717, 1.165) is 18.5 Å². The smallest absolute Gasteiger partial charge is 0.263 e. The van der Waals surface area contributed by atoms with E-state index >= 15 is 0 Å². The highest BCUT2D eigenvalue weighted by molar-refractivity contribution is 5.91. The highest BCUT2D eigenvalue weighted by Gasteiger charge is 2.34. The van der Waals surface area contributed by atoms with Gasteiger partial charge in [-0.2, -0.15) is 5.10 Å². The Morgan fingerprint density at radius 2 is 2.10 bits per heavy atom. The van der Waals surface area contributed by atoms with E-state index in [-0.39, 0.29) is 30.2 Å². The molecule has 3 atom stereocenters. The van der Waals surface area contributed by atoms with Crippen LogP contribution < -0.4 is 20.7 Å². The maximum atomic E-state index is 13.7. The summed E-state index contributed by atoms with van der Waals surface area (Å²) in [6.07, 6.45) is 1.54. The predicted octanol–water partition coefficient (Wildman–Crippen LogP) is 2.12. The number of ether oxygens (including phenoxy) is 1. The normalized spacial score (nSPS) is 24.1.